The molecule has 212 valence electrons. The molecule has 1 fully saturated rings. The molecule has 1 aromatic carbocycles. The fourth-order valence-corrected chi connectivity index (χ4v) is 5.45. The van der Waals surface area contributed by atoms with E-state index in [-0.39, 0.29) is 6.03 Å². The molecule has 0 saturated carbocycles. The normalized spacial score (nSPS) is 15.6. The van der Waals surface area contributed by atoms with Gasteiger partial charge in [0.25, 0.3) is 0 Å². The molecule has 1 aliphatic heterocycles. The Morgan fingerprint density at radius 3 is 2.54 bits per heavy atom. The number of anilines is 2. The molecule has 5 N–H and O–H groups in total. The Labute approximate surface area is 243 Å². The van der Waals surface area contributed by atoms with E-state index in [1.165, 1.54) is 11.3 Å². The van der Waals surface area contributed by atoms with Gasteiger partial charge in [0.2, 0.25) is 5.95 Å². The van der Waals surface area contributed by atoms with E-state index in [0.29, 0.717) is 60.3 Å². The average Bonchev–Trinajstić information content (AvgIpc) is 3.37. The number of piperidine rings is 1. The van der Waals surface area contributed by atoms with Crippen molar-refractivity contribution in [2.24, 2.45) is 11.1 Å². The summed E-state index contributed by atoms with van der Waals surface area (Å²) in [7, 11) is 0. The van der Waals surface area contributed by atoms with Crippen molar-refractivity contribution in [3.05, 3.63) is 60.0 Å². The highest BCUT2D eigenvalue weighted by molar-refractivity contribution is 7.22. The third-order valence-corrected chi connectivity index (χ3v) is 8.18. The standard InChI is InChI=1S/C30H33N7O3S/c1-6-19(7-2)13-18(4)24(31)22-14-20(15-23-25(22)41-29(35-23)36-28(40)32-8-3)21-16-33-27(34-17-21)37-11-9-30(5,10-12-37)26(38)39/h1,7,13-17H,2,8-12,31H2,3-5H3,(H,38,39)(H2,32,35,36,40)/b19-13-,24-18-. The molecular formula is C30H33N7O3S. The maximum absolute atomic E-state index is 12.1. The summed E-state index contributed by atoms with van der Waals surface area (Å²) in [5.41, 5.74) is 10.7. The molecule has 1 saturated heterocycles. The van der Waals surface area contributed by atoms with E-state index in [4.69, 9.17) is 12.2 Å². The second-order valence-electron chi connectivity index (χ2n) is 10.0. The summed E-state index contributed by atoms with van der Waals surface area (Å²) in [6.07, 6.45) is 13.5. The van der Waals surface area contributed by atoms with Crippen molar-refractivity contribution in [1.82, 2.24) is 20.3 Å². The number of nitrogens with one attached hydrogen (secondary N) is 2. The van der Waals surface area contributed by atoms with E-state index < -0.39 is 11.4 Å². The molecule has 10 nitrogen and oxygen atoms in total. The van der Waals surface area contributed by atoms with Gasteiger partial charge in [0.15, 0.2) is 5.13 Å². The van der Waals surface area contributed by atoms with Crippen molar-refractivity contribution in [1.29, 1.82) is 0 Å². The number of hydrogen-bond donors (Lipinski definition) is 4. The van der Waals surface area contributed by atoms with Crippen molar-refractivity contribution in [3.8, 4) is 23.5 Å². The van der Waals surface area contributed by atoms with Crippen LogP contribution in [0, 0.1) is 17.8 Å². The summed E-state index contributed by atoms with van der Waals surface area (Å²) in [5, 5.41) is 15.4. The smallest absolute Gasteiger partial charge is 0.321 e. The number of rotatable bonds is 8. The van der Waals surface area contributed by atoms with Crippen LogP contribution >= 0.6 is 11.3 Å². The van der Waals surface area contributed by atoms with Gasteiger partial charge in [-0.3, -0.25) is 10.1 Å². The molecule has 0 spiro atoms. The quantitative estimate of drug-likeness (QED) is 0.218. The molecule has 11 heteroatoms. The van der Waals surface area contributed by atoms with Crippen molar-refractivity contribution in [2.75, 3.05) is 29.9 Å². The molecule has 0 bridgehead atoms. The number of carboxylic acid groups (broad SMARTS) is 1. The third-order valence-electron chi connectivity index (χ3n) is 7.16. The number of aliphatic carboxylic acids is 1. The van der Waals surface area contributed by atoms with Gasteiger partial charge in [-0.05, 0) is 63.0 Å². The molecule has 3 heterocycles. The van der Waals surface area contributed by atoms with Crippen LogP contribution in [0.15, 0.2) is 54.4 Å². The van der Waals surface area contributed by atoms with Gasteiger partial charge in [-0.2, -0.15) is 0 Å². The summed E-state index contributed by atoms with van der Waals surface area (Å²) in [6, 6.07) is 3.51. The van der Waals surface area contributed by atoms with Crippen LogP contribution in [-0.4, -0.2) is 51.7 Å². The van der Waals surface area contributed by atoms with Crippen LogP contribution in [0.3, 0.4) is 0 Å². The summed E-state index contributed by atoms with van der Waals surface area (Å²) >= 11 is 1.32. The maximum atomic E-state index is 12.1. The number of thiazole rings is 1. The number of hydrogen-bond acceptors (Lipinski definition) is 8. The number of amides is 2. The Kier molecular flexibility index (Phi) is 8.74. The number of nitrogens with two attached hydrogens (primary N) is 1. The molecule has 1 aliphatic rings. The van der Waals surface area contributed by atoms with Crippen molar-refractivity contribution in [3.63, 3.8) is 0 Å². The zero-order valence-electron chi connectivity index (χ0n) is 23.3. The number of urea groups is 1. The lowest BCUT2D eigenvalue weighted by Gasteiger charge is -2.36. The minimum atomic E-state index is -0.773. The van der Waals surface area contributed by atoms with E-state index in [9.17, 15) is 14.7 Å². The highest BCUT2D eigenvalue weighted by atomic mass is 32.1. The fraction of sp³-hybridized carbons (Fsp3) is 0.300. The lowest BCUT2D eigenvalue weighted by atomic mass is 9.80. The monoisotopic (exact) mass is 571 g/mol. The number of carbonyl (C=O) groups is 2. The molecule has 2 amide bonds. The fourth-order valence-electron chi connectivity index (χ4n) is 4.49. The van der Waals surface area contributed by atoms with Gasteiger partial charge in [-0.1, -0.05) is 29.9 Å². The lowest BCUT2D eigenvalue weighted by molar-refractivity contribution is -0.149. The van der Waals surface area contributed by atoms with Crippen LogP contribution < -0.4 is 21.3 Å². The minimum Gasteiger partial charge on any atom is -0.481 e. The Balaban J connectivity index is 1.73. The molecular weight excluding hydrogens is 538 g/mol. The summed E-state index contributed by atoms with van der Waals surface area (Å²) in [5.74, 6) is 2.36. The Morgan fingerprint density at radius 2 is 1.95 bits per heavy atom. The largest absolute Gasteiger partial charge is 0.481 e. The minimum absolute atomic E-state index is 0.342. The Morgan fingerprint density at radius 1 is 1.27 bits per heavy atom. The number of allylic oxidation sites excluding steroid dienone is 4. The highest BCUT2D eigenvalue weighted by Crippen LogP contribution is 2.37. The molecule has 41 heavy (non-hydrogen) atoms. The number of benzene rings is 1. The average molecular weight is 572 g/mol. The van der Waals surface area contributed by atoms with Crippen LogP contribution in [0.5, 0.6) is 0 Å². The van der Waals surface area contributed by atoms with Crippen LogP contribution in [0.2, 0.25) is 0 Å². The zero-order valence-corrected chi connectivity index (χ0v) is 24.1. The number of terminal acetylenes is 1. The first-order valence-corrected chi connectivity index (χ1v) is 14.0. The summed E-state index contributed by atoms with van der Waals surface area (Å²) in [4.78, 5) is 39.6. The Bertz CT molecular complexity index is 1590. The lowest BCUT2D eigenvalue weighted by Crippen LogP contribution is -2.43. The molecule has 4 rings (SSSR count). The van der Waals surface area contributed by atoms with Gasteiger partial charge in [0.1, 0.15) is 0 Å². The number of nitrogens with zero attached hydrogens (tertiary/aromatic N) is 4. The SMILES string of the molecule is C#C/C(C=C)=C/C(C)=C(\N)c1cc(-c2cnc(N3CCC(C)(C(=O)O)CC3)nc2)cc2nc(NC(=O)NCC)sc12. The first-order chi connectivity index (χ1) is 19.6. The van der Waals surface area contributed by atoms with E-state index in [2.05, 4.69) is 38.1 Å². The van der Waals surface area contributed by atoms with Crippen LogP contribution in [-0.2, 0) is 4.79 Å². The number of fused-ring (bicyclic) bond motifs is 1. The van der Waals surface area contributed by atoms with Gasteiger partial charge in [0, 0.05) is 54.4 Å². The van der Waals surface area contributed by atoms with Crippen LogP contribution in [0.1, 0.15) is 39.2 Å². The van der Waals surface area contributed by atoms with Gasteiger partial charge in [-0.25, -0.2) is 19.7 Å². The maximum Gasteiger partial charge on any atom is 0.321 e. The zero-order chi connectivity index (χ0) is 29.7. The van der Waals surface area contributed by atoms with Gasteiger partial charge >= 0.3 is 12.0 Å². The van der Waals surface area contributed by atoms with E-state index in [0.717, 1.165) is 27.0 Å². The molecule has 0 aliphatic carbocycles. The number of carboxylic acids is 1. The van der Waals surface area contributed by atoms with Crippen molar-refractivity contribution >= 4 is 50.3 Å². The second kappa shape index (κ2) is 12.2. The molecule has 0 radical (unpaired) electrons. The van der Waals surface area contributed by atoms with Crippen LogP contribution in [0.4, 0.5) is 15.9 Å². The first-order valence-electron chi connectivity index (χ1n) is 13.2. The summed E-state index contributed by atoms with van der Waals surface area (Å²) in [6.45, 7) is 10.9. The third kappa shape index (κ3) is 6.39. The van der Waals surface area contributed by atoms with Crippen LogP contribution in [0.25, 0.3) is 27.0 Å². The van der Waals surface area contributed by atoms with Crippen molar-refractivity contribution < 1.29 is 14.7 Å². The topological polar surface area (TPSA) is 146 Å². The first kappa shape index (κ1) is 29.3. The number of carbonyl (C=O) groups excluding carboxylic acids is 1. The predicted molar refractivity (Wildman–Crippen MR) is 164 cm³/mol. The summed E-state index contributed by atoms with van der Waals surface area (Å²) < 4.78 is 0.805. The molecule has 2 aromatic heterocycles. The molecule has 0 unspecified atom stereocenters. The highest BCUT2D eigenvalue weighted by Gasteiger charge is 2.37. The molecule has 0 atom stereocenters. The van der Waals surface area contributed by atoms with Gasteiger partial charge in [-0.15, -0.1) is 6.42 Å². The van der Waals surface area contributed by atoms with E-state index in [1.807, 2.05) is 30.9 Å². The Hall–Kier alpha value is -4.69. The van der Waals surface area contributed by atoms with Gasteiger partial charge < -0.3 is 21.1 Å². The number of aromatic nitrogens is 3. The van der Waals surface area contributed by atoms with E-state index >= 15 is 0 Å². The molecule has 3 aromatic rings. The second-order valence-corrected chi connectivity index (χ2v) is 11.0. The predicted octanol–water partition coefficient (Wildman–Crippen LogP) is 5.02. The van der Waals surface area contributed by atoms with Gasteiger partial charge in [0.05, 0.1) is 15.6 Å². The van der Waals surface area contributed by atoms with Crippen molar-refractivity contribution in [2.45, 2.75) is 33.6 Å². The van der Waals surface area contributed by atoms with E-state index in [1.54, 1.807) is 31.5 Å².